The molecule has 0 aliphatic heterocycles. The normalized spacial score (nSPS) is 20.4. The number of hydrogen-bond donors (Lipinski definition) is 1. The molecule has 5 nitrogen and oxygen atoms in total. The lowest BCUT2D eigenvalue weighted by Crippen LogP contribution is -2.34. The van der Waals surface area contributed by atoms with E-state index in [9.17, 15) is 9.59 Å². The Kier molecular flexibility index (Phi) is 3.81. The van der Waals surface area contributed by atoms with Crippen molar-refractivity contribution in [3.05, 3.63) is 30.3 Å². The summed E-state index contributed by atoms with van der Waals surface area (Å²) in [6.07, 6.45) is 0.620. The zero-order valence-electron chi connectivity index (χ0n) is 10.3. The van der Waals surface area contributed by atoms with Crippen LogP contribution in [0.4, 0.5) is 5.69 Å². The molecule has 0 heterocycles. The SMILES string of the molecule is N#CCCN(C(=O)C1CC1C(=O)O)c1ccccc1. The quantitative estimate of drug-likeness (QED) is 0.870. The molecule has 0 bridgehead atoms. The van der Waals surface area contributed by atoms with Crippen LogP contribution < -0.4 is 4.90 Å². The van der Waals surface area contributed by atoms with Crippen molar-refractivity contribution < 1.29 is 14.7 Å². The number of hydrogen-bond acceptors (Lipinski definition) is 3. The molecule has 1 amide bonds. The van der Waals surface area contributed by atoms with Gasteiger partial charge in [-0.05, 0) is 18.6 Å². The Labute approximate surface area is 111 Å². The molecule has 2 atom stereocenters. The van der Waals surface area contributed by atoms with Crippen molar-refractivity contribution in [1.82, 2.24) is 0 Å². The fraction of sp³-hybridized carbons (Fsp3) is 0.357. The highest BCUT2D eigenvalue weighted by molar-refractivity contribution is 6.00. The van der Waals surface area contributed by atoms with E-state index in [-0.39, 0.29) is 12.3 Å². The minimum Gasteiger partial charge on any atom is -0.481 e. The van der Waals surface area contributed by atoms with E-state index in [4.69, 9.17) is 10.4 Å². The molecule has 1 aromatic carbocycles. The van der Waals surface area contributed by atoms with Gasteiger partial charge in [-0.25, -0.2) is 0 Å². The van der Waals surface area contributed by atoms with Crippen LogP contribution in [0.15, 0.2) is 30.3 Å². The second kappa shape index (κ2) is 5.53. The Morgan fingerprint density at radius 2 is 2.00 bits per heavy atom. The van der Waals surface area contributed by atoms with Gasteiger partial charge in [0.2, 0.25) is 5.91 Å². The van der Waals surface area contributed by atoms with Crippen molar-refractivity contribution >= 4 is 17.6 Å². The smallest absolute Gasteiger partial charge is 0.307 e. The van der Waals surface area contributed by atoms with Crippen LogP contribution >= 0.6 is 0 Å². The van der Waals surface area contributed by atoms with E-state index in [0.29, 0.717) is 18.7 Å². The second-order valence-corrected chi connectivity index (χ2v) is 4.52. The van der Waals surface area contributed by atoms with Gasteiger partial charge in [-0.1, -0.05) is 18.2 Å². The molecule has 2 unspecified atom stereocenters. The molecule has 0 saturated heterocycles. The van der Waals surface area contributed by atoms with E-state index in [1.807, 2.05) is 24.3 Å². The first-order valence-electron chi connectivity index (χ1n) is 6.11. The first kappa shape index (κ1) is 13.1. The lowest BCUT2D eigenvalue weighted by atomic mass is 10.2. The van der Waals surface area contributed by atoms with Gasteiger partial charge >= 0.3 is 5.97 Å². The first-order valence-corrected chi connectivity index (χ1v) is 6.11. The van der Waals surface area contributed by atoms with Crippen LogP contribution in [0.5, 0.6) is 0 Å². The standard InChI is InChI=1S/C14H14N2O3/c15-7-4-8-16(10-5-2-1-3-6-10)13(17)11-9-12(11)14(18)19/h1-3,5-6,11-12H,4,8-9H2,(H,18,19). The summed E-state index contributed by atoms with van der Waals surface area (Å²) in [4.78, 5) is 24.6. The van der Waals surface area contributed by atoms with Crippen LogP contribution in [0.2, 0.25) is 0 Å². The largest absolute Gasteiger partial charge is 0.481 e. The summed E-state index contributed by atoms with van der Waals surface area (Å²) in [6, 6.07) is 11.0. The first-order chi connectivity index (χ1) is 9.15. The summed E-state index contributed by atoms with van der Waals surface area (Å²) in [5.74, 6) is -2.14. The van der Waals surface area contributed by atoms with Gasteiger partial charge in [-0.15, -0.1) is 0 Å². The van der Waals surface area contributed by atoms with Crippen LogP contribution in [0.1, 0.15) is 12.8 Å². The topological polar surface area (TPSA) is 81.4 Å². The number of aliphatic carboxylic acids is 1. The number of anilines is 1. The lowest BCUT2D eigenvalue weighted by Gasteiger charge is -2.21. The summed E-state index contributed by atoms with van der Waals surface area (Å²) in [5, 5.41) is 17.5. The predicted octanol–water partition coefficient (Wildman–Crippen LogP) is 1.65. The van der Waals surface area contributed by atoms with Crippen molar-refractivity contribution in [3.63, 3.8) is 0 Å². The third-order valence-electron chi connectivity index (χ3n) is 3.21. The maximum Gasteiger partial charge on any atom is 0.307 e. The average Bonchev–Trinajstić information content (AvgIpc) is 3.20. The lowest BCUT2D eigenvalue weighted by molar-refractivity contribution is -0.140. The molecule has 1 fully saturated rings. The molecule has 2 rings (SSSR count). The monoisotopic (exact) mass is 258 g/mol. The van der Waals surface area contributed by atoms with Gasteiger partial charge in [0.25, 0.3) is 0 Å². The third-order valence-corrected chi connectivity index (χ3v) is 3.21. The van der Waals surface area contributed by atoms with Gasteiger partial charge in [0.15, 0.2) is 0 Å². The summed E-state index contributed by atoms with van der Waals surface area (Å²) in [5.41, 5.74) is 0.707. The number of carboxylic acid groups (broad SMARTS) is 1. The van der Waals surface area contributed by atoms with Crippen molar-refractivity contribution in [2.75, 3.05) is 11.4 Å². The van der Waals surface area contributed by atoms with E-state index >= 15 is 0 Å². The molecule has 1 aromatic rings. The number of rotatable bonds is 5. The molecule has 0 aromatic heterocycles. The van der Waals surface area contributed by atoms with Crippen molar-refractivity contribution in [1.29, 1.82) is 5.26 Å². The summed E-state index contributed by atoms with van der Waals surface area (Å²) < 4.78 is 0. The summed E-state index contributed by atoms with van der Waals surface area (Å²) in [7, 11) is 0. The maximum atomic E-state index is 12.3. The van der Waals surface area contributed by atoms with Gasteiger partial charge in [0.1, 0.15) is 0 Å². The molecule has 1 saturated carbocycles. The number of nitriles is 1. The number of carbonyl (C=O) groups excluding carboxylic acids is 1. The van der Waals surface area contributed by atoms with E-state index in [2.05, 4.69) is 0 Å². The zero-order valence-corrected chi connectivity index (χ0v) is 10.3. The van der Waals surface area contributed by atoms with Gasteiger partial charge in [-0.3, -0.25) is 9.59 Å². The van der Waals surface area contributed by atoms with Crippen LogP contribution in [-0.2, 0) is 9.59 Å². The van der Waals surface area contributed by atoms with Crippen LogP contribution in [0.3, 0.4) is 0 Å². The highest BCUT2D eigenvalue weighted by Gasteiger charge is 2.49. The molecule has 0 spiro atoms. The zero-order chi connectivity index (χ0) is 13.8. The molecular formula is C14H14N2O3. The van der Waals surface area contributed by atoms with Crippen LogP contribution in [0, 0.1) is 23.2 Å². The molecule has 1 aliphatic carbocycles. The summed E-state index contributed by atoms with van der Waals surface area (Å²) in [6.45, 7) is 0.294. The Morgan fingerprint density at radius 1 is 1.32 bits per heavy atom. The van der Waals surface area contributed by atoms with Crippen molar-refractivity contribution in [2.45, 2.75) is 12.8 Å². The molecule has 5 heteroatoms. The minimum atomic E-state index is -0.924. The Morgan fingerprint density at radius 3 is 2.53 bits per heavy atom. The Balaban J connectivity index is 2.13. The molecular weight excluding hydrogens is 244 g/mol. The Hall–Kier alpha value is -2.35. The maximum absolute atomic E-state index is 12.3. The van der Waals surface area contributed by atoms with E-state index in [0.717, 1.165) is 0 Å². The van der Waals surface area contributed by atoms with Gasteiger partial charge in [-0.2, -0.15) is 5.26 Å². The molecule has 1 N–H and O–H groups in total. The number of benzene rings is 1. The number of para-hydroxylation sites is 1. The van der Waals surface area contributed by atoms with Crippen LogP contribution in [0.25, 0.3) is 0 Å². The van der Waals surface area contributed by atoms with Crippen molar-refractivity contribution in [3.8, 4) is 6.07 Å². The second-order valence-electron chi connectivity index (χ2n) is 4.52. The molecule has 0 radical (unpaired) electrons. The number of carboxylic acids is 1. The van der Waals surface area contributed by atoms with E-state index in [1.54, 1.807) is 12.1 Å². The molecule has 1 aliphatic rings. The third kappa shape index (κ3) is 2.91. The molecule has 98 valence electrons. The number of nitrogens with zero attached hydrogens (tertiary/aromatic N) is 2. The average molecular weight is 258 g/mol. The minimum absolute atomic E-state index is 0.200. The van der Waals surface area contributed by atoms with Gasteiger partial charge in [0, 0.05) is 12.2 Å². The van der Waals surface area contributed by atoms with Gasteiger partial charge < -0.3 is 10.0 Å². The summed E-state index contributed by atoms with van der Waals surface area (Å²) >= 11 is 0. The van der Waals surface area contributed by atoms with E-state index in [1.165, 1.54) is 4.90 Å². The highest BCUT2D eigenvalue weighted by atomic mass is 16.4. The predicted molar refractivity (Wildman–Crippen MR) is 68.3 cm³/mol. The fourth-order valence-electron chi connectivity index (χ4n) is 2.08. The molecule has 19 heavy (non-hydrogen) atoms. The van der Waals surface area contributed by atoms with Gasteiger partial charge in [0.05, 0.1) is 24.3 Å². The highest BCUT2D eigenvalue weighted by Crippen LogP contribution is 2.40. The number of carbonyl (C=O) groups is 2. The van der Waals surface area contributed by atoms with Crippen molar-refractivity contribution in [2.24, 2.45) is 11.8 Å². The van der Waals surface area contributed by atoms with Crippen LogP contribution in [-0.4, -0.2) is 23.5 Å². The number of amides is 1. The van der Waals surface area contributed by atoms with E-state index < -0.39 is 17.8 Å². The fourth-order valence-corrected chi connectivity index (χ4v) is 2.08. The Bertz CT molecular complexity index is 521.